The smallest absolute Gasteiger partial charge is 0.223 e. The monoisotopic (exact) mass is 245 g/mol. The number of rotatable bonds is 5. The molecule has 1 unspecified atom stereocenters. The Labute approximate surface area is 110 Å². The quantitative estimate of drug-likeness (QED) is 0.792. The Hall–Kier alpha value is -1.31. The zero-order chi connectivity index (χ0) is 12.6. The van der Waals surface area contributed by atoms with Gasteiger partial charge in [0.1, 0.15) is 0 Å². The summed E-state index contributed by atoms with van der Waals surface area (Å²) in [5.74, 6) is 0.551. The van der Waals surface area contributed by atoms with Gasteiger partial charge in [0.25, 0.3) is 0 Å². The maximum absolute atomic E-state index is 11.8. The Kier molecular flexibility index (Phi) is 5.25. The number of unbranched alkanes of at least 4 members (excludes halogenated alkanes) is 1. The van der Waals surface area contributed by atoms with E-state index in [0.717, 1.165) is 38.6 Å². The van der Waals surface area contributed by atoms with Gasteiger partial charge in [0.15, 0.2) is 0 Å². The molecule has 0 bridgehead atoms. The molecular weight excluding hydrogens is 222 g/mol. The van der Waals surface area contributed by atoms with Crippen molar-refractivity contribution in [1.29, 1.82) is 0 Å². The molecule has 1 saturated heterocycles. The number of amides is 1. The molecule has 0 saturated carbocycles. The first-order valence-electron chi connectivity index (χ1n) is 7.18. The zero-order valence-electron chi connectivity index (χ0n) is 11.0. The highest BCUT2D eigenvalue weighted by molar-refractivity contribution is 5.78. The summed E-state index contributed by atoms with van der Waals surface area (Å²) in [6.45, 7) is 0.874. The van der Waals surface area contributed by atoms with Gasteiger partial charge in [0, 0.05) is 12.5 Å². The van der Waals surface area contributed by atoms with Gasteiger partial charge in [-0.15, -0.1) is 0 Å². The molecule has 2 nitrogen and oxygen atoms in total. The summed E-state index contributed by atoms with van der Waals surface area (Å²) in [6, 6.07) is 10.6. The number of hydrogen-bond acceptors (Lipinski definition) is 1. The van der Waals surface area contributed by atoms with Crippen molar-refractivity contribution in [3.63, 3.8) is 0 Å². The molecule has 0 aliphatic carbocycles. The summed E-state index contributed by atoms with van der Waals surface area (Å²) in [6.07, 6.45) is 7.96. The molecule has 18 heavy (non-hydrogen) atoms. The Balaban J connectivity index is 1.67. The average molecular weight is 245 g/mol. The van der Waals surface area contributed by atoms with Crippen LogP contribution in [0.4, 0.5) is 0 Å². The van der Waals surface area contributed by atoms with Gasteiger partial charge in [-0.3, -0.25) is 4.79 Å². The molecule has 1 aliphatic heterocycles. The third-order valence-electron chi connectivity index (χ3n) is 3.76. The summed E-state index contributed by atoms with van der Waals surface area (Å²) < 4.78 is 0. The second-order valence-corrected chi connectivity index (χ2v) is 5.22. The van der Waals surface area contributed by atoms with Crippen LogP contribution < -0.4 is 5.32 Å². The van der Waals surface area contributed by atoms with Crippen molar-refractivity contribution in [2.45, 2.75) is 44.9 Å². The van der Waals surface area contributed by atoms with Crippen LogP contribution in [0.5, 0.6) is 0 Å². The standard InChI is InChI=1S/C16H23NO/c18-16-15(12-6-7-13-17-16)11-5-4-10-14-8-2-1-3-9-14/h1-3,8-9,15H,4-7,10-13H2,(H,17,18). The molecule has 1 N–H and O–H groups in total. The van der Waals surface area contributed by atoms with E-state index in [-0.39, 0.29) is 11.8 Å². The first kappa shape index (κ1) is 13.1. The fourth-order valence-corrected chi connectivity index (χ4v) is 2.64. The SMILES string of the molecule is O=C1NCCCCC1CCCCc1ccccc1. The summed E-state index contributed by atoms with van der Waals surface area (Å²) in [5, 5.41) is 3.01. The van der Waals surface area contributed by atoms with Crippen molar-refractivity contribution in [2.24, 2.45) is 5.92 Å². The molecule has 1 amide bonds. The van der Waals surface area contributed by atoms with Crippen molar-refractivity contribution in [2.75, 3.05) is 6.54 Å². The van der Waals surface area contributed by atoms with Gasteiger partial charge in [0.05, 0.1) is 0 Å². The van der Waals surface area contributed by atoms with Crippen LogP contribution >= 0.6 is 0 Å². The van der Waals surface area contributed by atoms with E-state index in [1.54, 1.807) is 0 Å². The Morgan fingerprint density at radius 1 is 1.11 bits per heavy atom. The lowest BCUT2D eigenvalue weighted by atomic mass is 9.95. The lowest BCUT2D eigenvalue weighted by molar-refractivity contribution is -0.124. The molecule has 98 valence electrons. The van der Waals surface area contributed by atoms with Crippen LogP contribution in [0.25, 0.3) is 0 Å². The van der Waals surface area contributed by atoms with Gasteiger partial charge in [0.2, 0.25) is 5.91 Å². The minimum Gasteiger partial charge on any atom is -0.356 e. The topological polar surface area (TPSA) is 29.1 Å². The van der Waals surface area contributed by atoms with Crippen molar-refractivity contribution >= 4 is 5.91 Å². The molecule has 1 aromatic rings. The number of benzene rings is 1. The van der Waals surface area contributed by atoms with Gasteiger partial charge >= 0.3 is 0 Å². The normalized spacial score (nSPS) is 20.2. The van der Waals surface area contributed by atoms with Crippen molar-refractivity contribution < 1.29 is 4.79 Å². The second-order valence-electron chi connectivity index (χ2n) is 5.22. The number of aryl methyl sites for hydroxylation is 1. The van der Waals surface area contributed by atoms with E-state index >= 15 is 0 Å². The zero-order valence-corrected chi connectivity index (χ0v) is 11.0. The highest BCUT2D eigenvalue weighted by Crippen LogP contribution is 2.19. The fraction of sp³-hybridized carbons (Fsp3) is 0.562. The number of carbonyl (C=O) groups excluding carboxylic acids is 1. The number of nitrogens with one attached hydrogen (secondary N) is 1. The van der Waals surface area contributed by atoms with Crippen molar-refractivity contribution in [3.05, 3.63) is 35.9 Å². The molecule has 1 aromatic carbocycles. The van der Waals surface area contributed by atoms with E-state index in [2.05, 4.69) is 35.6 Å². The number of carbonyl (C=O) groups is 1. The Morgan fingerprint density at radius 2 is 1.94 bits per heavy atom. The molecule has 0 spiro atoms. The molecule has 0 aromatic heterocycles. The van der Waals surface area contributed by atoms with Crippen LogP contribution in [-0.4, -0.2) is 12.5 Å². The van der Waals surface area contributed by atoms with Crippen LogP contribution in [0, 0.1) is 5.92 Å². The van der Waals surface area contributed by atoms with Gasteiger partial charge in [-0.1, -0.05) is 43.2 Å². The number of hydrogen-bond donors (Lipinski definition) is 1. The van der Waals surface area contributed by atoms with Gasteiger partial charge in [-0.25, -0.2) is 0 Å². The van der Waals surface area contributed by atoms with Crippen LogP contribution in [0.2, 0.25) is 0 Å². The van der Waals surface area contributed by atoms with E-state index < -0.39 is 0 Å². The van der Waals surface area contributed by atoms with Crippen LogP contribution in [0.3, 0.4) is 0 Å². The molecular formula is C16H23NO. The maximum Gasteiger partial charge on any atom is 0.223 e. The Morgan fingerprint density at radius 3 is 2.78 bits per heavy atom. The lowest BCUT2D eigenvalue weighted by Crippen LogP contribution is -2.28. The third kappa shape index (κ3) is 4.17. The molecule has 2 rings (SSSR count). The third-order valence-corrected chi connectivity index (χ3v) is 3.76. The van der Waals surface area contributed by atoms with Crippen molar-refractivity contribution in [1.82, 2.24) is 5.32 Å². The Bertz CT molecular complexity index is 361. The minimum atomic E-state index is 0.267. The highest BCUT2D eigenvalue weighted by Gasteiger charge is 2.19. The predicted molar refractivity (Wildman–Crippen MR) is 74.3 cm³/mol. The van der Waals surface area contributed by atoms with Gasteiger partial charge in [-0.05, 0) is 37.7 Å². The lowest BCUT2D eigenvalue weighted by Gasteiger charge is -2.12. The molecule has 0 radical (unpaired) electrons. The van der Waals surface area contributed by atoms with E-state index in [9.17, 15) is 4.79 Å². The maximum atomic E-state index is 11.8. The predicted octanol–water partition coefficient (Wildman–Crippen LogP) is 3.32. The molecule has 1 fully saturated rings. The first-order chi connectivity index (χ1) is 8.86. The van der Waals surface area contributed by atoms with E-state index in [0.29, 0.717) is 0 Å². The van der Waals surface area contributed by atoms with Crippen LogP contribution in [0.15, 0.2) is 30.3 Å². The summed E-state index contributed by atoms with van der Waals surface area (Å²) in [5.41, 5.74) is 1.41. The van der Waals surface area contributed by atoms with Crippen molar-refractivity contribution in [3.8, 4) is 0 Å². The molecule has 1 heterocycles. The van der Waals surface area contributed by atoms with E-state index in [1.807, 2.05) is 0 Å². The van der Waals surface area contributed by atoms with E-state index in [1.165, 1.54) is 18.4 Å². The van der Waals surface area contributed by atoms with E-state index in [4.69, 9.17) is 0 Å². The first-order valence-corrected chi connectivity index (χ1v) is 7.18. The summed E-state index contributed by atoms with van der Waals surface area (Å²) in [4.78, 5) is 11.8. The summed E-state index contributed by atoms with van der Waals surface area (Å²) in [7, 11) is 0. The largest absolute Gasteiger partial charge is 0.356 e. The molecule has 1 atom stereocenters. The minimum absolute atomic E-state index is 0.267. The van der Waals surface area contributed by atoms with Gasteiger partial charge < -0.3 is 5.32 Å². The van der Waals surface area contributed by atoms with Gasteiger partial charge in [-0.2, -0.15) is 0 Å². The highest BCUT2D eigenvalue weighted by atomic mass is 16.1. The summed E-state index contributed by atoms with van der Waals surface area (Å²) >= 11 is 0. The van der Waals surface area contributed by atoms with Crippen LogP contribution in [-0.2, 0) is 11.2 Å². The van der Waals surface area contributed by atoms with Crippen LogP contribution in [0.1, 0.15) is 44.1 Å². The second kappa shape index (κ2) is 7.20. The average Bonchev–Trinajstić information content (AvgIpc) is 2.61. The molecule has 2 heteroatoms. The molecule has 1 aliphatic rings. The fourth-order valence-electron chi connectivity index (χ4n) is 2.64.